The van der Waals surface area contributed by atoms with Crippen LogP contribution in [0, 0.1) is 5.92 Å². The number of rotatable bonds is 5. The van der Waals surface area contributed by atoms with Gasteiger partial charge in [0.05, 0.1) is 6.10 Å². The van der Waals surface area contributed by atoms with E-state index in [0.717, 1.165) is 19.3 Å². The predicted molar refractivity (Wildman–Crippen MR) is 58.0 cm³/mol. The monoisotopic (exact) mass is 229 g/mol. The first-order valence-corrected chi connectivity index (χ1v) is 5.68. The van der Waals surface area contributed by atoms with Crippen LogP contribution in [0.2, 0.25) is 0 Å². The molecule has 1 saturated carbocycles. The van der Waals surface area contributed by atoms with E-state index in [2.05, 4.69) is 12.2 Å². The molecule has 1 aliphatic carbocycles. The number of aliphatic carboxylic acids is 1. The average molecular weight is 229 g/mol. The number of amides is 1. The van der Waals surface area contributed by atoms with E-state index in [1.54, 1.807) is 0 Å². The number of carboxylic acid groups (broad SMARTS) is 1. The molecule has 2 unspecified atom stereocenters. The maximum Gasteiger partial charge on any atom is 0.322 e. The molecule has 1 amide bonds. The number of carbonyl (C=O) groups excluding carboxylic acids is 1. The molecule has 0 radical (unpaired) electrons. The van der Waals surface area contributed by atoms with Gasteiger partial charge in [0.25, 0.3) is 0 Å². The minimum Gasteiger partial charge on any atom is -0.480 e. The lowest BCUT2D eigenvalue weighted by Gasteiger charge is -2.26. The van der Waals surface area contributed by atoms with Crippen molar-refractivity contribution in [1.29, 1.82) is 0 Å². The van der Waals surface area contributed by atoms with Gasteiger partial charge in [0.1, 0.15) is 13.2 Å². The Kier molecular flexibility index (Phi) is 5.25. The van der Waals surface area contributed by atoms with Crippen molar-refractivity contribution >= 4 is 11.9 Å². The molecule has 2 atom stereocenters. The fraction of sp³-hybridized carbons (Fsp3) is 0.818. The third-order valence-electron chi connectivity index (χ3n) is 2.78. The van der Waals surface area contributed by atoms with Crippen LogP contribution in [0.25, 0.3) is 0 Å². The Morgan fingerprint density at radius 2 is 2.19 bits per heavy atom. The molecule has 1 fully saturated rings. The molecule has 0 saturated heterocycles. The molecule has 0 spiro atoms. The number of carbonyl (C=O) groups is 2. The SMILES string of the molecule is CC1CCCC(OCC(=O)NCC(=O)O)C1. The summed E-state index contributed by atoms with van der Waals surface area (Å²) in [6.07, 6.45) is 4.51. The second kappa shape index (κ2) is 6.48. The van der Waals surface area contributed by atoms with Crippen LogP contribution in [0.15, 0.2) is 0 Å². The minimum absolute atomic E-state index is 0.0370. The Labute approximate surface area is 95.2 Å². The van der Waals surface area contributed by atoms with Gasteiger partial charge in [0.15, 0.2) is 0 Å². The zero-order chi connectivity index (χ0) is 12.0. The number of hydrogen-bond acceptors (Lipinski definition) is 3. The lowest BCUT2D eigenvalue weighted by molar-refractivity contribution is -0.139. The van der Waals surface area contributed by atoms with Crippen molar-refractivity contribution in [3.8, 4) is 0 Å². The van der Waals surface area contributed by atoms with Crippen LogP contribution < -0.4 is 5.32 Å². The Hall–Kier alpha value is -1.10. The van der Waals surface area contributed by atoms with Crippen molar-refractivity contribution in [3.63, 3.8) is 0 Å². The highest BCUT2D eigenvalue weighted by molar-refractivity contribution is 5.81. The Balaban J connectivity index is 2.13. The minimum atomic E-state index is -1.04. The van der Waals surface area contributed by atoms with Crippen LogP contribution in [0.5, 0.6) is 0 Å². The van der Waals surface area contributed by atoms with Crippen LogP contribution in [-0.4, -0.2) is 36.2 Å². The summed E-state index contributed by atoms with van der Waals surface area (Å²) in [5, 5.41) is 10.6. The highest BCUT2D eigenvalue weighted by Gasteiger charge is 2.20. The fourth-order valence-electron chi connectivity index (χ4n) is 1.95. The van der Waals surface area contributed by atoms with E-state index in [1.165, 1.54) is 6.42 Å². The number of ether oxygens (including phenoxy) is 1. The maximum atomic E-state index is 11.2. The summed E-state index contributed by atoms with van der Waals surface area (Å²) in [6, 6.07) is 0. The van der Waals surface area contributed by atoms with E-state index in [0.29, 0.717) is 5.92 Å². The molecular weight excluding hydrogens is 210 g/mol. The molecule has 92 valence electrons. The van der Waals surface area contributed by atoms with Gasteiger partial charge >= 0.3 is 5.97 Å². The topological polar surface area (TPSA) is 75.6 Å². The van der Waals surface area contributed by atoms with Crippen LogP contribution >= 0.6 is 0 Å². The summed E-state index contributed by atoms with van der Waals surface area (Å²) >= 11 is 0. The molecule has 0 aromatic rings. The van der Waals surface area contributed by atoms with Crippen LogP contribution in [0.4, 0.5) is 0 Å². The molecule has 0 heterocycles. The second-order valence-electron chi connectivity index (χ2n) is 4.38. The summed E-state index contributed by atoms with van der Waals surface area (Å²) in [6.45, 7) is 1.80. The quantitative estimate of drug-likeness (QED) is 0.730. The summed E-state index contributed by atoms with van der Waals surface area (Å²) in [5.41, 5.74) is 0. The predicted octanol–water partition coefficient (Wildman–Crippen LogP) is 0.782. The van der Waals surface area contributed by atoms with E-state index in [4.69, 9.17) is 9.84 Å². The van der Waals surface area contributed by atoms with Gasteiger partial charge in [-0.05, 0) is 18.8 Å². The number of hydrogen-bond donors (Lipinski definition) is 2. The van der Waals surface area contributed by atoms with E-state index in [1.807, 2.05) is 0 Å². The molecule has 16 heavy (non-hydrogen) atoms. The third kappa shape index (κ3) is 5.11. The number of nitrogens with one attached hydrogen (secondary N) is 1. The highest BCUT2D eigenvalue weighted by atomic mass is 16.5. The first-order valence-electron chi connectivity index (χ1n) is 5.68. The van der Waals surface area contributed by atoms with Crippen molar-refractivity contribution in [2.75, 3.05) is 13.2 Å². The molecule has 5 heteroatoms. The average Bonchev–Trinajstić information content (AvgIpc) is 2.23. The maximum absolute atomic E-state index is 11.2. The molecular formula is C11H19NO4. The largest absolute Gasteiger partial charge is 0.480 e. The Morgan fingerprint density at radius 3 is 2.81 bits per heavy atom. The second-order valence-corrected chi connectivity index (χ2v) is 4.38. The van der Waals surface area contributed by atoms with Crippen molar-refractivity contribution in [1.82, 2.24) is 5.32 Å². The molecule has 1 aliphatic rings. The van der Waals surface area contributed by atoms with Crippen molar-refractivity contribution in [2.45, 2.75) is 38.7 Å². The van der Waals surface area contributed by atoms with E-state index < -0.39 is 5.97 Å². The Morgan fingerprint density at radius 1 is 1.44 bits per heavy atom. The first-order chi connectivity index (χ1) is 7.58. The van der Waals surface area contributed by atoms with Crippen LogP contribution in [0.3, 0.4) is 0 Å². The first kappa shape index (κ1) is 13.0. The van der Waals surface area contributed by atoms with E-state index in [-0.39, 0.29) is 25.2 Å². The zero-order valence-corrected chi connectivity index (χ0v) is 9.57. The van der Waals surface area contributed by atoms with Gasteiger partial charge in [-0.25, -0.2) is 0 Å². The molecule has 0 bridgehead atoms. The van der Waals surface area contributed by atoms with Crippen LogP contribution in [-0.2, 0) is 14.3 Å². The van der Waals surface area contributed by atoms with E-state index >= 15 is 0 Å². The summed E-state index contributed by atoms with van der Waals surface area (Å²) < 4.78 is 5.44. The third-order valence-corrected chi connectivity index (χ3v) is 2.78. The Bertz CT molecular complexity index is 254. The van der Waals surface area contributed by atoms with Gasteiger partial charge in [0, 0.05) is 0 Å². The van der Waals surface area contributed by atoms with Crippen molar-refractivity contribution < 1.29 is 19.4 Å². The van der Waals surface area contributed by atoms with Gasteiger partial charge in [0.2, 0.25) is 5.91 Å². The van der Waals surface area contributed by atoms with Crippen LogP contribution in [0.1, 0.15) is 32.6 Å². The van der Waals surface area contributed by atoms with Crippen molar-refractivity contribution in [3.05, 3.63) is 0 Å². The van der Waals surface area contributed by atoms with Gasteiger partial charge in [-0.1, -0.05) is 19.8 Å². The van der Waals surface area contributed by atoms with Crippen molar-refractivity contribution in [2.24, 2.45) is 5.92 Å². The number of carboxylic acids is 1. The van der Waals surface area contributed by atoms with Gasteiger partial charge in [-0.2, -0.15) is 0 Å². The molecule has 0 aromatic heterocycles. The standard InChI is InChI=1S/C11H19NO4/c1-8-3-2-4-9(5-8)16-7-10(13)12-6-11(14)15/h8-9H,2-7H2,1H3,(H,12,13)(H,14,15). The zero-order valence-electron chi connectivity index (χ0n) is 9.57. The van der Waals surface area contributed by atoms with Gasteiger partial charge < -0.3 is 15.2 Å². The van der Waals surface area contributed by atoms with E-state index in [9.17, 15) is 9.59 Å². The smallest absolute Gasteiger partial charge is 0.322 e. The lowest BCUT2D eigenvalue weighted by atomic mass is 9.89. The van der Waals surface area contributed by atoms with Gasteiger partial charge in [-0.3, -0.25) is 9.59 Å². The highest BCUT2D eigenvalue weighted by Crippen LogP contribution is 2.25. The fourth-order valence-corrected chi connectivity index (χ4v) is 1.95. The molecule has 1 rings (SSSR count). The molecule has 0 aliphatic heterocycles. The summed E-state index contributed by atoms with van der Waals surface area (Å²) in [4.78, 5) is 21.4. The van der Waals surface area contributed by atoms with Gasteiger partial charge in [-0.15, -0.1) is 0 Å². The molecule has 2 N–H and O–H groups in total. The lowest BCUT2D eigenvalue weighted by Crippen LogP contribution is -2.34. The molecule has 5 nitrogen and oxygen atoms in total. The molecule has 0 aromatic carbocycles. The summed E-state index contributed by atoms with van der Waals surface area (Å²) in [7, 11) is 0. The normalized spacial score (nSPS) is 25.1. The summed E-state index contributed by atoms with van der Waals surface area (Å²) in [5.74, 6) is -0.749.